The number of fused-ring (bicyclic) bond motifs is 1. The number of imidazole rings is 1. The van der Waals surface area contributed by atoms with Crippen LogP contribution in [0.3, 0.4) is 0 Å². The molecule has 1 aliphatic rings. The van der Waals surface area contributed by atoms with Gasteiger partial charge in [-0.25, -0.2) is 4.98 Å². The third-order valence-corrected chi connectivity index (χ3v) is 4.90. The van der Waals surface area contributed by atoms with Crippen LogP contribution in [0, 0.1) is 5.92 Å². The number of benzene rings is 1. The summed E-state index contributed by atoms with van der Waals surface area (Å²) < 4.78 is 5.24. The molecular formula is C18H28N4O2. The van der Waals surface area contributed by atoms with E-state index in [-0.39, 0.29) is 6.10 Å². The zero-order chi connectivity index (χ0) is 16.9. The molecule has 1 fully saturated rings. The van der Waals surface area contributed by atoms with Crippen LogP contribution in [-0.4, -0.2) is 66.4 Å². The molecule has 0 radical (unpaired) electrons. The van der Waals surface area contributed by atoms with Crippen LogP contribution in [0.2, 0.25) is 0 Å². The molecule has 1 atom stereocenters. The molecule has 2 heterocycles. The van der Waals surface area contributed by atoms with Crippen molar-refractivity contribution in [3.05, 3.63) is 24.0 Å². The second-order valence-electron chi connectivity index (χ2n) is 6.73. The molecular weight excluding hydrogens is 304 g/mol. The van der Waals surface area contributed by atoms with Crippen molar-refractivity contribution in [2.24, 2.45) is 5.92 Å². The lowest BCUT2D eigenvalue weighted by molar-refractivity contribution is 0.0583. The first-order valence-electron chi connectivity index (χ1n) is 8.75. The number of aromatic nitrogens is 2. The van der Waals surface area contributed by atoms with E-state index in [1.54, 1.807) is 7.11 Å². The van der Waals surface area contributed by atoms with Gasteiger partial charge in [0.2, 0.25) is 0 Å². The Labute approximate surface area is 143 Å². The topological polar surface area (TPSA) is 73.4 Å². The summed E-state index contributed by atoms with van der Waals surface area (Å²) >= 11 is 0. The molecule has 1 unspecified atom stereocenters. The molecule has 1 aromatic carbocycles. The Morgan fingerprint density at radius 3 is 2.92 bits per heavy atom. The number of hydrogen-bond donors (Lipinski definition) is 3. The number of likely N-dealkylation sites (N-methyl/N-ethyl adjacent to an activating group) is 1. The first-order chi connectivity index (χ1) is 11.7. The number of rotatable bonds is 7. The second kappa shape index (κ2) is 7.96. The van der Waals surface area contributed by atoms with E-state index < -0.39 is 0 Å². The van der Waals surface area contributed by atoms with E-state index >= 15 is 0 Å². The van der Waals surface area contributed by atoms with Crippen molar-refractivity contribution in [3.8, 4) is 5.75 Å². The van der Waals surface area contributed by atoms with E-state index in [4.69, 9.17) is 4.74 Å². The summed E-state index contributed by atoms with van der Waals surface area (Å²) in [6, 6.07) is 5.86. The molecule has 0 amide bonds. The largest absolute Gasteiger partial charge is 0.497 e. The van der Waals surface area contributed by atoms with Crippen LogP contribution in [0.1, 0.15) is 18.7 Å². The molecule has 0 bridgehead atoms. The Bertz CT molecular complexity index is 652. The average molecular weight is 332 g/mol. The molecule has 0 saturated carbocycles. The van der Waals surface area contributed by atoms with Gasteiger partial charge in [0.15, 0.2) is 0 Å². The first kappa shape index (κ1) is 17.2. The Hall–Kier alpha value is -1.63. The molecule has 2 aromatic rings. The molecule has 1 aliphatic heterocycles. The summed E-state index contributed by atoms with van der Waals surface area (Å²) in [6.45, 7) is 3.64. The van der Waals surface area contributed by atoms with Gasteiger partial charge in [0, 0.05) is 25.6 Å². The van der Waals surface area contributed by atoms with Crippen molar-refractivity contribution in [1.82, 2.24) is 20.2 Å². The second-order valence-corrected chi connectivity index (χ2v) is 6.73. The van der Waals surface area contributed by atoms with Crippen molar-refractivity contribution in [2.75, 3.05) is 40.3 Å². The summed E-state index contributed by atoms with van der Waals surface area (Å²) in [6.07, 6.45) is 2.74. The monoisotopic (exact) mass is 332 g/mol. The van der Waals surface area contributed by atoms with E-state index in [9.17, 15) is 5.11 Å². The minimum Gasteiger partial charge on any atom is -0.497 e. The predicted molar refractivity (Wildman–Crippen MR) is 95.4 cm³/mol. The summed E-state index contributed by atoms with van der Waals surface area (Å²) in [5, 5.41) is 13.8. The van der Waals surface area contributed by atoms with Crippen molar-refractivity contribution < 1.29 is 9.84 Å². The Morgan fingerprint density at radius 1 is 1.38 bits per heavy atom. The van der Waals surface area contributed by atoms with E-state index in [1.165, 1.54) is 0 Å². The van der Waals surface area contributed by atoms with Gasteiger partial charge in [0.25, 0.3) is 0 Å². The van der Waals surface area contributed by atoms with E-state index in [2.05, 4.69) is 27.2 Å². The van der Waals surface area contributed by atoms with E-state index in [0.717, 1.165) is 68.0 Å². The van der Waals surface area contributed by atoms with Crippen LogP contribution in [0.15, 0.2) is 18.2 Å². The van der Waals surface area contributed by atoms with E-state index in [0.29, 0.717) is 5.92 Å². The molecule has 3 N–H and O–H groups in total. The number of aliphatic hydroxyl groups excluding tert-OH is 1. The average Bonchev–Trinajstić information content (AvgIpc) is 3.02. The standard InChI is InChI=1S/C18H28N4O2/c1-22(12-17(23)13-5-8-19-9-6-13)10-7-18-20-15-4-3-14(24-2)11-16(15)21-18/h3-4,11,13,17,19,23H,5-10,12H2,1-2H3,(H,20,21). The molecule has 0 spiro atoms. The smallest absolute Gasteiger partial charge is 0.121 e. The van der Waals surface area contributed by atoms with Crippen LogP contribution < -0.4 is 10.1 Å². The fourth-order valence-electron chi connectivity index (χ4n) is 3.37. The number of nitrogens with zero attached hydrogens (tertiary/aromatic N) is 2. The zero-order valence-corrected chi connectivity index (χ0v) is 14.6. The minimum atomic E-state index is -0.239. The Balaban J connectivity index is 1.51. The number of ether oxygens (including phenoxy) is 1. The maximum absolute atomic E-state index is 10.4. The number of nitrogens with one attached hydrogen (secondary N) is 2. The van der Waals surface area contributed by atoms with Crippen molar-refractivity contribution >= 4 is 11.0 Å². The molecule has 132 valence electrons. The number of methoxy groups -OCH3 is 1. The maximum atomic E-state index is 10.4. The minimum absolute atomic E-state index is 0.239. The zero-order valence-electron chi connectivity index (χ0n) is 14.6. The lowest BCUT2D eigenvalue weighted by Gasteiger charge is -2.30. The summed E-state index contributed by atoms with van der Waals surface area (Å²) in [5.74, 6) is 2.23. The van der Waals surface area contributed by atoms with Gasteiger partial charge in [-0.15, -0.1) is 0 Å². The van der Waals surface area contributed by atoms with Gasteiger partial charge in [0.1, 0.15) is 11.6 Å². The van der Waals surface area contributed by atoms with Crippen LogP contribution in [0.5, 0.6) is 5.75 Å². The lowest BCUT2D eigenvalue weighted by Crippen LogP contribution is -2.40. The highest BCUT2D eigenvalue weighted by Gasteiger charge is 2.22. The highest BCUT2D eigenvalue weighted by atomic mass is 16.5. The quantitative estimate of drug-likeness (QED) is 0.715. The third-order valence-electron chi connectivity index (χ3n) is 4.90. The van der Waals surface area contributed by atoms with Crippen molar-refractivity contribution in [1.29, 1.82) is 0 Å². The van der Waals surface area contributed by atoms with Gasteiger partial charge in [-0.05, 0) is 51.0 Å². The predicted octanol–water partition coefficient (Wildman–Crippen LogP) is 1.41. The number of aromatic amines is 1. The fourth-order valence-corrected chi connectivity index (χ4v) is 3.37. The molecule has 3 rings (SSSR count). The van der Waals surface area contributed by atoms with Crippen LogP contribution in [0.4, 0.5) is 0 Å². The number of hydrogen-bond acceptors (Lipinski definition) is 5. The van der Waals surface area contributed by atoms with Gasteiger partial charge in [0.05, 0.1) is 24.2 Å². The van der Waals surface area contributed by atoms with Crippen molar-refractivity contribution in [3.63, 3.8) is 0 Å². The van der Waals surface area contributed by atoms with Gasteiger partial charge in [-0.3, -0.25) is 0 Å². The fraction of sp³-hybridized carbons (Fsp3) is 0.611. The maximum Gasteiger partial charge on any atom is 0.121 e. The number of H-pyrrole nitrogens is 1. The first-order valence-corrected chi connectivity index (χ1v) is 8.75. The van der Waals surface area contributed by atoms with Crippen LogP contribution in [-0.2, 0) is 6.42 Å². The summed E-state index contributed by atoms with van der Waals surface area (Å²) in [4.78, 5) is 10.2. The van der Waals surface area contributed by atoms with Gasteiger partial charge in [-0.2, -0.15) is 0 Å². The van der Waals surface area contributed by atoms with Crippen LogP contribution >= 0.6 is 0 Å². The van der Waals surface area contributed by atoms with E-state index in [1.807, 2.05) is 18.2 Å². The van der Waals surface area contributed by atoms with Crippen molar-refractivity contribution in [2.45, 2.75) is 25.4 Å². The highest BCUT2D eigenvalue weighted by Crippen LogP contribution is 2.19. The van der Waals surface area contributed by atoms with Crippen LogP contribution in [0.25, 0.3) is 11.0 Å². The molecule has 6 nitrogen and oxygen atoms in total. The number of piperidine rings is 1. The third kappa shape index (κ3) is 4.26. The molecule has 24 heavy (non-hydrogen) atoms. The Morgan fingerprint density at radius 2 is 2.17 bits per heavy atom. The van der Waals surface area contributed by atoms with Gasteiger partial charge in [-0.1, -0.05) is 0 Å². The SMILES string of the molecule is COc1ccc2nc(CCN(C)CC(O)C3CCNCC3)[nH]c2c1. The summed E-state index contributed by atoms with van der Waals surface area (Å²) in [5.41, 5.74) is 1.96. The molecule has 1 aromatic heterocycles. The Kier molecular flexibility index (Phi) is 5.71. The van der Waals surface area contributed by atoms with Gasteiger partial charge < -0.3 is 25.0 Å². The number of aliphatic hydroxyl groups is 1. The molecule has 0 aliphatic carbocycles. The normalized spacial score (nSPS) is 17.5. The molecule has 6 heteroatoms. The highest BCUT2D eigenvalue weighted by molar-refractivity contribution is 5.76. The summed E-state index contributed by atoms with van der Waals surface area (Å²) in [7, 11) is 3.73. The van der Waals surface area contributed by atoms with Gasteiger partial charge >= 0.3 is 0 Å². The lowest BCUT2D eigenvalue weighted by atomic mass is 9.92. The molecule has 1 saturated heterocycles.